The lowest BCUT2D eigenvalue weighted by Crippen LogP contribution is -2.29. The molecule has 0 radical (unpaired) electrons. The topological polar surface area (TPSA) is 27.0 Å². The summed E-state index contributed by atoms with van der Waals surface area (Å²) in [5.41, 5.74) is 2.17. The zero-order valence-electron chi connectivity index (χ0n) is 8.21. The van der Waals surface area contributed by atoms with Crippen LogP contribution in [0.4, 0.5) is 0 Å². The molecule has 1 heterocycles. The smallest absolute Gasteiger partial charge is 0.0944 e. The molecule has 0 aromatic heterocycles. The molecule has 0 aromatic rings. The van der Waals surface area contributed by atoms with E-state index in [0.717, 1.165) is 38.0 Å². The predicted octanol–water partition coefficient (Wildman–Crippen LogP) is 2.11. The van der Waals surface area contributed by atoms with E-state index < -0.39 is 0 Å². The Morgan fingerprint density at radius 1 is 1.77 bits per heavy atom. The van der Waals surface area contributed by atoms with E-state index in [-0.39, 0.29) is 0 Å². The maximum Gasteiger partial charge on any atom is 0.0944 e. The van der Waals surface area contributed by atoms with Gasteiger partial charge < -0.3 is 0 Å². The first kappa shape index (κ1) is 10.0. The van der Waals surface area contributed by atoms with Gasteiger partial charge in [0.2, 0.25) is 0 Å². The van der Waals surface area contributed by atoms with Gasteiger partial charge in [0.25, 0.3) is 0 Å². The zero-order valence-corrected chi connectivity index (χ0v) is 8.21. The largest absolute Gasteiger partial charge is 0.299 e. The summed E-state index contributed by atoms with van der Waals surface area (Å²) in [6, 6.07) is 2.21. The SMILES string of the molecule is C=C(C)CCN1CC=C(C#N)CC1. The van der Waals surface area contributed by atoms with Crippen LogP contribution in [-0.2, 0) is 0 Å². The minimum absolute atomic E-state index is 0.909. The van der Waals surface area contributed by atoms with Crippen LogP contribution in [-0.4, -0.2) is 24.5 Å². The van der Waals surface area contributed by atoms with Crippen LogP contribution in [0.15, 0.2) is 23.8 Å². The average molecular weight is 176 g/mol. The van der Waals surface area contributed by atoms with Gasteiger partial charge in [-0.25, -0.2) is 0 Å². The Labute approximate surface area is 80.2 Å². The van der Waals surface area contributed by atoms with E-state index in [9.17, 15) is 0 Å². The first-order valence-electron chi connectivity index (χ1n) is 4.68. The summed E-state index contributed by atoms with van der Waals surface area (Å²) < 4.78 is 0. The average Bonchev–Trinajstić information content (AvgIpc) is 2.15. The van der Waals surface area contributed by atoms with Crippen molar-refractivity contribution < 1.29 is 0 Å². The van der Waals surface area contributed by atoms with Gasteiger partial charge in [-0.05, 0) is 19.8 Å². The third kappa shape index (κ3) is 3.43. The highest BCUT2D eigenvalue weighted by molar-refractivity contribution is 5.23. The molecule has 0 aromatic carbocycles. The van der Waals surface area contributed by atoms with Crippen LogP contribution in [0.5, 0.6) is 0 Å². The van der Waals surface area contributed by atoms with Crippen molar-refractivity contribution in [2.45, 2.75) is 19.8 Å². The van der Waals surface area contributed by atoms with Gasteiger partial charge in [-0.2, -0.15) is 5.26 Å². The molecule has 2 heteroatoms. The molecule has 2 nitrogen and oxygen atoms in total. The summed E-state index contributed by atoms with van der Waals surface area (Å²) in [6.45, 7) is 8.95. The van der Waals surface area contributed by atoms with E-state index in [0.29, 0.717) is 0 Å². The lowest BCUT2D eigenvalue weighted by Gasteiger charge is -2.24. The number of rotatable bonds is 3. The molecule has 70 valence electrons. The summed E-state index contributed by atoms with van der Waals surface area (Å²) >= 11 is 0. The van der Waals surface area contributed by atoms with Crippen molar-refractivity contribution in [1.29, 1.82) is 5.26 Å². The maximum absolute atomic E-state index is 8.64. The summed E-state index contributed by atoms with van der Waals surface area (Å²) in [7, 11) is 0. The van der Waals surface area contributed by atoms with Crippen molar-refractivity contribution >= 4 is 0 Å². The van der Waals surface area contributed by atoms with Gasteiger partial charge in [-0.1, -0.05) is 11.6 Å². The summed E-state index contributed by atoms with van der Waals surface area (Å²) in [5.74, 6) is 0. The molecule has 1 aliphatic heterocycles. The Balaban J connectivity index is 2.30. The number of hydrogen-bond acceptors (Lipinski definition) is 2. The van der Waals surface area contributed by atoms with Crippen LogP contribution >= 0.6 is 0 Å². The van der Waals surface area contributed by atoms with Gasteiger partial charge in [0, 0.05) is 25.2 Å². The lowest BCUT2D eigenvalue weighted by atomic mass is 10.1. The lowest BCUT2D eigenvalue weighted by molar-refractivity contribution is 0.299. The Bertz CT molecular complexity index is 258. The molecule has 0 amide bonds. The van der Waals surface area contributed by atoms with Crippen molar-refractivity contribution in [3.63, 3.8) is 0 Å². The molecule has 0 saturated heterocycles. The van der Waals surface area contributed by atoms with Crippen LogP contribution in [0.25, 0.3) is 0 Å². The fraction of sp³-hybridized carbons (Fsp3) is 0.545. The zero-order chi connectivity index (χ0) is 9.68. The van der Waals surface area contributed by atoms with Crippen molar-refractivity contribution in [3.05, 3.63) is 23.8 Å². The summed E-state index contributed by atoms with van der Waals surface area (Å²) in [5, 5.41) is 8.64. The van der Waals surface area contributed by atoms with Crippen molar-refractivity contribution in [1.82, 2.24) is 4.90 Å². The second-order valence-electron chi connectivity index (χ2n) is 3.60. The van der Waals surface area contributed by atoms with E-state index in [1.807, 2.05) is 6.08 Å². The van der Waals surface area contributed by atoms with Gasteiger partial charge in [0.15, 0.2) is 0 Å². The van der Waals surface area contributed by atoms with Gasteiger partial charge in [0.05, 0.1) is 6.07 Å². The molecular formula is C11H16N2. The van der Waals surface area contributed by atoms with E-state index in [2.05, 4.69) is 24.5 Å². The number of hydrogen-bond donors (Lipinski definition) is 0. The van der Waals surface area contributed by atoms with Crippen molar-refractivity contribution in [3.8, 4) is 6.07 Å². The van der Waals surface area contributed by atoms with Crippen LogP contribution in [0.1, 0.15) is 19.8 Å². The highest BCUT2D eigenvalue weighted by Gasteiger charge is 2.10. The number of nitrogens with zero attached hydrogens (tertiary/aromatic N) is 2. The summed E-state index contributed by atoms with van der Waals surface area (Å²) in [6.07, 6.45) is 4.00. The monoisotopic (exact) mass is 176 g/mol. The molecule has 0 bridgehead atoms. The highest BCUT2D eigenvalue weighted by atomic mass is 15.1. The van der Waals surface area contributed by atoms with Crippen LogP contribution in [0.2, 0.25) is 0 Å². The second kappa shape index (κ2) is 4.84. The minimum Gasteiger partial charge on any atom is -0.299 e. The van der Waals surface area contributed by atoms with Gasteiger partial charge in [0.1, 0.15) is 0 Å². The Hall–Kier alpha value is -1.07. The molecule has 0 N–H and O–H groups in total. The quantitative estimate of drug-likeness (QED) is 0.616. The third-order valence-corrected chi connectivity index (χ3v) is 2.29. The number of nitriles is 1. The van der Waals surface area contributed by atoms with E-state index in [4.69, 9.17) is 5.26 Å². The molecule has 0 fully saturated rings. The standard InChI is InChI=1S/C11H16N2/c1-10(2)3-6-13-7-4-11(9-12)5-8-13/h4H,1,3,5-8H2,2H3. The van der Waals surface area contributed by atoms with Crippen LogP contribution in [0.3, 0.4) is 0 Å². The highest BCUT2D eigenvalue weighted by Crippen LogP contribution is 2.10. The molecule has 0 spiro atoms. The third-order valence-electron chi connectivity index (χ3n) is 2.29. The molecule has 0 saturated carbocycles. The molecule has 0 unspecified atom stereocenters. The van der Waals surface area contributed by atoms with Gasteiger partial charge in [-0.3, -0.25) is 4.90 Å². The fourth-order valence-corrected chi connectivity index (χ4v) is 1.36. The van der Waals surface area contributed by atoms with E-state index in [1.165, 1.54) is 5.57 Å². The van der Waals surface area contributed by atoms with Crippen molar-refractivity contribution in [2.75, 3.05) is 19.6 Å². The van der Waals surface area contributed by atoms with Crippen molar-refractivity contribution in [2.24, 2.45) is 0 Å². The molecular weight excluding hydrogens is 160 g/mol. The van der Waals surface area contributed by atoms with Crippen LogP contribution < -0.4 is 0 Å². The Morgan fingerprint density at radius 3 is 3.00 bits per heavy atom. The minimum atomic E-state index is 0.909. The fourth-order valence-electron chi connectivity index (χ4n) is 1.36. The first-order valence-corrected chi connectivity index (χ1v) is 4.68. The molecule has 1 rings (SSSR count). The molecule has 1 aliphatic rings. The second-order valence-corrected chi connectivity index (χ2v) is 3.60. The van der Waals surface area contributed by atoms with Crippen LogP contribution in [0, 0.1) is 11.3 Å². The Morgan fingerprint density at radius 2 is 2.54 bits per heavy atom. The summed E-state index contributed by atoms with van der Waals surface area (Å²) in [4.78, 5) is 2.36. The normalized spacial score (nSPS) is 17.7. The van der Waals surface area contributed by atoms with E-state index >= 15 is 0 Å². The maximum atomic E-state index is 8.64. The van der Waals surface area contributed by atoms with E-state index in [1.54, 1.807) is 0 Å². The predicted molar refractivity (Wildman–Crippen MR) is 54.2 cm³/mol. The Kier molecular flexibility index (Phi) is 3.72. The first-order chi connectivity index (χ1) is 6.22. The molecule has 13 heavy (non-hydrogen) atoms. The molecule has 0 atom stereocenters. The van der Waals surface area contributed by atoms with Gasteiger partial charge >= 0.3 is 0 Å². The van der Waals surface area contributed by atoms with Gasteiger partial charge in [-0.15, -0.1) is 6.58 Å². The molecule has 0 aliphatic carbocycles.